The van der Waals surface area contributed by atoms with Crippen molar-refractivity contribution >= 4 is 12.2 Å². The van der Waals surface area contributed by atoms with Gasteiger partial charge in [-0.05, 0) is 19.1 Å². The van der Waals surface area contributed by atoms with Gasteiger partial charge in [0.25, 0.3) is 5.56 Å². The highest BCUT2D eigenvalue weighted by molar-refractivity contribution is 7.71. The lowest BCUT2D eigenvalue weighted by Gasteiger charge is -1.98. The third kappa shape index (κ3) is 1.60. The number of rotatable bonds is 1. The Kier molecular flexibility index (Phi) is 2.41. The van der Waals surface area contributed by atoms with Crippen LogP contribution in [0, 0.1) is 16.1 Å². The largest absolute Gasteiger partial charge is 0.338 e. The van der Waals surface area contributed by atoms with Crippen molar-refractivity contribution < 1.29 is 0 Å². The number of hydrogen-bond acceptors (Lipinski definition) is 3. The molecule has 1 unspecified atom stereocenters. The number of nitrogens with zero attached hydrogens (tertiary/aromatic N) is 1. The molecular weight excluding hydrogens is 174 g/mol. The fourth-order valence-corrected chi connectivity index (χ4v) is 0.963. The average Bonchev–Trinajstić information content (AvgIpc) is 2.03. The summed E-state index contributed by atoms with van der Waals surface area (Å²) in [6.45, 7) is 1.65. The van der Waals surface area contributed by atoms with Crippen LogP contribution in [0.1, 0.15) is 18.4 Å². The van der Waals surface area contributed by atoms with Gasteiger partial charge in [-0.25, -0.2) is 0 Å². The first-order chi connectivity index (χ1) is 5.65. The first-order valence-electron chi connectivity index (χ1n) is 3.36. The summed E-state index contributed by atoms with van der Waals surface area (Å²) < 4.78 is 0.272. The van der Waals surface area contributed by atoms with E-state index in [-0.39, 0.29) is 10.3 Å². The summed E-state index contributed by atoms with van der Waals surface area (Å²) in [4.78, 5) is 16.2. The second kappa shape index (κ2) is 3.32. The molecule has 0 aliphatic carbocycles. The van der Waals surface area contributed by atoms with E-state index in [1.54, 1.807) is 6.92 Å². The zero-order chi connectivity index (χ0) is 9.14. The molecule has 0 aromatic carbocycles. The molecule has 5 heteroatoms. The van der Waals surface area contributed by atoms with Crippen LogP contribution in [0.15, 0.2) is 11.0 Å². The predicted octanol–water partition coefficient (Wildman–Crippen LogP) is 1.06. The van der Waals surface area contributed by atoms with E-state index >= 15 is 0 Å². The summed E-state index contributed by atoms with van der Waals surface area (Å²) in [7, 11) is 0. The molecule has 4 nitrogen and oxygen atoms in total. The summed E-state index contributed by atoms with van der Waals surface area (Å²) in [5, 5.41) is 8.54. The summed E-state index contributed by atoms with van der Waals surface area (Å²) in [6, 6.07) is 1.97. The van der Waals surface area contributed by atoms with Crippen LogP contribution >= 0.6 is 12.2 Å². The molecule has 0 saturated carbocycles. The summed E-state index contributed by atoms with van der Waals surface area (Å²) >= 11 is 4.69. The number of nitrogens with one attached hydrogen (secondary N) is 2. The first kappa shape index (κ1) is 8.68. The third-order valence-corrected chi connectivity index (χ3v) is 1.73. The summed E-state index contributed by atoms with van der Waals surface area (Å²) in [6.07, 6.45) is 1.47. The van der Waals surface area contributed by atoms with Gasteiger partial charge in [0.05, 0.1) is 17.6 Å². The Bertz CT molecular complexity index is 425. The number of hydrogen-bond donors (Lipinski definition) is 2. The zero-order valence-electron chi connectivity index (χ0n) is 6.42. The van der Waals surface area contributed by atoms with Gasteiger partial charge in [0, 0.05) is 6.20 Å². The Balaban J connectivity index is 3.30. The zero-order valence-corrected chi connectivity index (χ0v) is 7.23. The van der Waals surface area contributed by atoms with E-state index < -0.39 is 5.92 Å². The van der Waals surface area contributed by atoms with Crippen LogP contribution in [0.5, 0.6) is 0 Å². The fourth-order valence-electron chi connectivity index (χ4n) is 0.811. The molecule has 1 aromatic rings. The molecule has 2 N–H and O–H groups in total. The van der Waals surface area contributed by atoms with Crippen LogP contribution in [0.4, 0.5) is 0 Å². The van der Waals surface area contributed by atoms with E-state index in [4.69, 9.17) is 5.26 Å². The van der Waals surface area contributed by atoms with E-state index in [0.717, 1.165) is 0 Å². The summed E-state index contributed by atoms with van der Waals surface area (Å²) in [5.41, 5.74) is 0.110. The Morgan fingerprint density at radius 1 is 1.75 bits per heavy atom. The molecule has 0 saturated heterocycles. The Hall–Kier alpha value is -1.41. The molecule has 1 aromatic heterocycles. The van der Waals surface area contributed by atoms with Crippen LogP contribution in [0.3, 0.4) is 0 Å². The molecule has 62 valence electrons. The highest BCUT2D eigenvalue weighted by atomic mass is 32.1. The molecular formula is C7H7N3OS. The molecule has 0 fully saturated rings. The quantitative estimate of drug-likeness (QED) is 0.636. The topological polar surface area (TPSA) is 72.4 Å². The maximum Gasteiger partial charge on any atom is 0.256 e. The molecule has 1 rings (SSSR count). The Morgan fingerprint density at radius 3 is 2.92 bits per heavy atom. The van der Waals surface area contributed by atoms with Crippen LogP contribution in [0.2, 0.25) is 0 Å². The molecule has 1 atom stereocenters. The van der Waals surface area contributed by atoms with Gasteiger partial charge >= 0.3 is 0 Å². The maximum absolute atomic E-state index is 11.1. The SMILES string of the molecule is CC(C#N)c1c[nH]c(=S)[nH]c1=O. The standard InChI is InChI=1S/C7H7N3OS/c1-4(2-8)5-3-9-7(12)10-6(5)11/h3-4H,1H3,(H2,9,10,11,12). The van der Waals surface area contributed by atoms with Crippen molar-refractivity contribution in [2.75, 3.05) is 0 Å². The number of H-pyrrole nitrogens is 2. The molecule has 1 heterocycles. The first-order valence-corrected chi connectivity index (χ1v) is 3.77. The minimum Gasteiger partial charge on any atom is -0.338 e. The second-order valence-corrected chi connectivity index (χ2v) is 2.79. The van der Waals surface area contributed by atoms with Crippen LogP contribution in [-0.2, 0) is 0 Å². The lowest BCUT2D eigenvalue weighted by molar-refractivity contribution is 0.911. The van der Waals surface area contributed by atoms with Crippen molar-refractivity contribution in [2.45, 2.75) is 12.8 Å². The normalized spacial score (nSPS) is 12.0. The molecule has 0 aliphatic heterocycles. The molecule has 0 spiro atoms. The van der Waals surface area contributed by atoms with Gasteiger partial charge in [0.1, 0.15) is 0 Å². The van der Waals surface area contributed by atoms with Gasteiger partial charge in [0.2, 0.25) is 0 Å². The van der Waals surface area contributed by atoms with E-state index in [9.17, 15) is 4.79 Å². The molecule has 0 amide bonds. The average molecular weight is 181 g/mol. The number of aromatic amines is 2. The van der Waals surface area contributed by atoms with Gasteiger partial charge in [-0.1, -0.05) is 0 Å². The van der Waals surface area contributed by atoms with E-state index in [1.807, 2.05) is 6.07 Å². The minimum atomic E-state index is -0.416. The van der Waals surface area contributed by atoms with Crippen LogP contribution in [-0.4, -0.2) is 9.97 Å². The van der Waals surface area contributed by atoms with Gasteiger partial charge in [0.15, 0.2) is 4.77 Å². The second-order valence-electron chi connectivity index (χ2n) is 2.38. The lowest BCUT2D eigenvalue weighted by atomic mass is 10.1. The summed E-state index contributed by atoms with van der Waals surface area (Å²) in [5.74, 6) is -0.416. The van der Waals surface area contributed by atoms with Crippen LogP contribution < -0.4 is 5.56 Å². The monoisotopic (exact) mass is 181 g/mol. The molecule has 0 aliphatic rings. The molecule has 0 radical (unpaired) electrons. The minimum absolute atomic E-state index is 0.272. The predicted molar refractivity (Wildman–Crippen MR) is 46.3 cm³/mol. The van der Waals surface area contributed by atoms with E-state index in [0.29, 0.717) is 5.56 Å². The van der Waals surface area contributed by atoms with Crippen molar-refractivity contribution in [2.24, 2.45) is 0 Å². The Labute approximate surface area is 73.9 Å². The molecule has 0 bridgehead atoms. The number of aromatic nitrogens is 2. The van der Waals surface area contributed by atoms with Gasteiger partial charge in [-0.2, -0.15) is 5.26 Å². The van der Waals surface area contributed by atoms with Crippen molar-refractivity contribution in [1.29, 1.82) is 5.26 Å². The number of nitriles is 1. The third-order valence-electron chi connectivity index (χ3n) is 1.51. The fraction of sp³-hybridized carbons (Fsp3) is 0.286. The molecule has 12 heavy (non-hydrogen) atoms. The van der Waals surface area contributed by atoms with Crippen molar-refractivity contribution in [3.05, 3.63) is 26.9 Å². The van der Waals surface area contributed by atoms with Crippen LogP contribution in [0.25, 0.3) is 0 Å². The van der Waals surface area contributed by atoms with E-state index in [2.05, 4.69) is 22.2 Å². The van der Waals surface area contributed by atoms with Crippen molar-refractivity contribution in [3.8, 4) is 6.07 Å². The van der Waals surface area contributed by atoms with Gasteiger partial charge < -0.3 is 4.98 Å². The van der Waals surface area contributed by atoms with Gasteiger partial charge in [-0.15, -0.1) is 0 Å². The Morgan fingerprint density at radius 2 is 2.42 bits per heavy atom. The highest BCUT2D eigenvalue weighted by Gasteiger charge is 2.07. The lowest BCUT2D eigenvalue weighted by Crippen LogP contribution is -2.14. The van der Waals surface area contributed by atoms with Crippen molar-refractivity contribution in [3.63, 3.8) is 0 Å². The van der Waals surface area contributed by atoms with Crippen molar-refractivity contribution in [1.82, 2.24) is 9.97 Å². The highest BCUT2D eigenvalue weighted by Crippen LogP contribution is 2.05. The van der Waals surface area contributed by atoms with Gasteiger partial charge in [-0.3, -0.25) is 9.78 Å². The van der Waals surface area contributed by atoms with E-state index in [1.165, 1.54) is 6.20 Å². The maximum atomic E-state index is 11.1. The smallest absolute Gasteiger partial charge is 0.256 e.